The average Bonchev–Trinajstić information content (AvgIpc) is 3.03. The molecule has 2 saturated carbocycles. The summed E-state index contributed by atoms with van der Waals surface area (Å²) < 4.78 is 0. The van der Waals surface area contributed by atoms with Gasteiger partial charge in [0.25, 0.3) is 0 Å². The Kier molecular flexibility index (Phi) is 5.66. The van der Waals surface area contributed by atoms with E-state index in [1.54, 1.807) is 12.4 Å². The van der Waals surface area contributed by atoms with Crippen LogP contribution in [0.2, 0.25) is 0 Å². The van der Waals surface area contributed by atoms with Crippen molar-refractivity contribution in [3.63, 3.8) is 0 Å². The molecule has 0 radical (unpaired) electrons. The number of urea groups is 1. The third kappa shape index (κ3) is 3.68. The highest BCUT2D eigenvalue weighted by atomic mass is 16.2. The van der Waals surface area contributed by atoms with Crippen molar-refractivity contribution in [1.82, 2.24) is 24.7 Å². The molecule has 0 bridgehead atoms. The van der Waals surface area contributed by atoms with Gasteiger partial charge in [-0.1, -0.05) is 36.8 Å². The molecule has 2 aromatic rings. The van der Waals surface area contributed by atoms with Crippen LogP contribution in [0.1, 0.15) is 56.3 Å². The lowest BCUT2D eigenvalue weighted by Crippen LogP contribution is -2.56. The Labute approximate surface area is 191 Å². The van der Waals surface area contributed by atoms with E-state index in [0.717, 1.165) is 44.6 Å². The summed E-state index contributed by atoms with van der Waals surface area (Å²) in [6.07, 6.45) is 11.5. The molecule has 1 spiro atoms. The van der Waals surface area contributed by atoms with Crippen LogP contribution in [0.15, 0.2) is 48.8 Å². The van der Waals surface area contributed by atoms with E-state index in [1.807, 2.05) is 11.0 Å². The summed E-state index contributed by atoms with van der Waals surface area (Å²) >= 11 is 0. The molecule has 0 unspecified atom stereocenters. The van der Waals surface area contributed by atoms with Crippen LogP contribution in [0.5, 0.6) is 0 Å². The second-order valence-corrected chi connectivity index (χ2v) is 10.2. The first-order valence-electron chi connectivity index (χ1n) is 12.1. The molecule has 1 aromatic heterocycles. The fourth-order valence-electron chi connectivity index (χ4n) is 6.09. The third-order valence-electron chi connectivity index (χ3n) is 8.35. The van der Waals surface area contributed by atoms with Crippen LogP contribution in [-0.4, -0.2) is 63.4 Å². The molecule has 0 atom stereocenters. The van der Waals surface area contributed by atoms with E-state index in [0.29, 0.717) is 12.5 Å². The highest BCUT2D eigenvalue weighted by molar-refractivity contribution is 5.78. The van der Waals surface area contributed by atoms with Crippen molar-refractivity contribution in [2.75, 3.05) is 27.2 Å². The van der Waals surface area contributed by atoms with Crippen molar-refractivity contribution >= 4 is 6.03 Å². The maximum Gasteiger partial charge on any atom is 0.321 e. The van der Waals surface area contributed by atoms with Gasteiger partial charge in [0, 0.05) is 31.0 Å². The highest BCUT2D eigenvalue weighted by Gasteiger charge is 2.54. The maximum atomic E-state index is 13.6. The monoisotopic (exact) mass is 433 g/mol. The largest absolute Gasteiger partial charge is 0.321 e. The van der Waals surface area contributed by atoms with E-state index in [-0.39, 0.29) is 17.1 Å². The molecule has 2 aliphatic carbocycles. The molecular weight excluding hydrogens is 398 g/mol. The number of hydrogen-bond donors (Lipinski definition) is 0. The van der Waals surface area contributed by atoms with Crippen LogP contribution >= 0.6 is 0 Å². The molecule has 6 nitrogen and oxygen atoms in total. The zero-order chi connectivity index (χ0) is 22.2. The summed E-state index contributed by atoms with van der Waals surface area (Å²) in [4.78, 5) is 29.0. The van der Waals surface area contributed by atoms with Crippen LogP contribution in [0, 0.1) is 5.92 Å². The molecule has 170 valence electrons. The summed E-state index contributed by atoms with van der Waals surface area (Å²) in [6.45, 7) is 2.19. The van der Waals surface area contributed by atoms with Crippen LogP contribution in [0.3, 0.4) is 0 Å². The van der Waals surface area contributed by atoms with Gasteiger partial charge in [0.15, 0.2) is 0 Å². The Balaban J connectivity index is 1.40. The van der Waals surface area contributed by atoms with Crippen molar-refractivity contribution < 1.29 is 4.79 Å². The van der Waals surface area contributed by atoms with Gasteiger partial charge in [-0.3, -0.25) is 4.90 Å². The smallest absolute Gasteiger partial charge is 0.317 e. The Morgan fingerprint density at radius 1 is 1.00 bits per heavy atom. The zero-order valence-electron chi connectivity index (χ0n) is 19.4. The van der Waals surface area contributed by atoms with E-state index in [1.165, 1.54) is 24.8 Å². The van der Waals surface area contributed by atoms with Gasteiger partial charge in [-0.15, -0.1) is 0 Å². The average molecular weight is 434 g/mol. The SMILES string of the molecule is CN(C)[C@]1(c2ccccc2)CC[C@]2(CC1)CN(Cc1ncccn1)C(=O)N2CC1CCC1. The van der Waals surface area contributed by atoms with Gasteiger partial charge < -0.3 is 9.80 Å². The molecule has 3 fully saturated rings. The minimum atomic E-state index is -0.0737. The normalized spacial score (nSPS) is 28.5. The van der Waals surface area contributed by atoms with E-state index < -0.39 is 0 Å². The lowest BCUT2D eigenvalue weighted by molar-refractivity contribution is 0.0159. The molecule has 1 saturated heterocycles. The standard InChI is InChI=1S/C26H35N5O/c1-29(2)26(22-10-4-3-5-11-22)14-12-25(13-15-26)20-30(19-23-27-16-7-17-28-23)24(32)31(25)18-21-8-6-9-21/h3-5,7,10-11,16-17,21H,6,8-9,12-15,18-20H2,1-2H3/t25-,26+. The summed E-state index contributed by atoms with van der Waals surface area (Å²) in [5.74, 6) is 1.39. The number of carbonyl (C=O) groups excluding carboxylic acids is 1. The molecule has 2 amide bonds. The first-order chi connectivity index (χ1) is 15.5. The number of amides is 2. The van der Waals surface area contributed by atoms with E-state index in [2.05, 4.69) is 64.2 Å². The lowest BCUT2D eigenvalue weighted by atomic mass is 9.68. The van der Waals surface area contributed by atoms with Crippen LogP contribution in [0.25, 0.3) is 0 Å². The molecule has 0 N–H and O–H groups in total. The minimum Gasteiger partial charge on any atom is -0.317 e. The lowest BCUT2D eigenvalue weighted by Gasteiger charge is -2.51. The third-order valence-corrected chi connectivity index (χ3v) is 8.35. The second kappa shape index (κ2) is 8.47. The summed E-state index contributed by atoms with van der Waals surface area (Å²) in [7, 11) is 4.41. The molecule has 32 heavy (non-hydrogen) atoms. The second-order valence-electron chi connectivity index (χ2n) is 10.2. The maximum absolute atomic E-state index is 13.6. The zero-order valence-corrected chi connectivity index (χ0v) is 19.4. The molecular formula is C26H35N5O. The van der Waals surface area contributed by atoms with E-state index in [4.69, 9.17) is 0 Å². The van der Waals surface area contributed by atoms with Gasteiger partial charge in [-0.05, 0) is 70.2 Å². The first kappa shape index (κ1) is 21.4. The Morgan fingerprint density at radius 2 is 1.69 bits per heavy atom. The van der Waals surface area contributed by atoms with Gasteiger partial charge in [0.1, 0.15) is 5.82 Å². The fourth-order valence-corrected chi connectivity index (χ4v) is 6.09. The topological polar surface area (TPSA) is 52.6 Å². The number of carbonyl (C=O) groups is 1. The van der Waals surface area contributed by atoms with Crippen molar-refractivity contribution in [2.24, 2.45) is 5.92 Å². The van der Waals surface area contributed by atoms with Crippen molar-refractivity contribution in [3.05, 3.63) is 60.2 Å². The molecule has 1 aliphatic heterocycles. The van der Waals surface area contributed by atoms with Gasteiger partial charge in [0.05, 0.1) is 12.1 Å². The van der Waals surface area contributed by atoms with Crippen LogP contribution < -0.4 is 0 Å². The summed E-state index contributed by atoms with van der Waals surface area (Å²) in [5.41, 5.74) is 1.35. The number of aromatic nitrogens is 2. The van der Waals surface area contributed by atoms with Gasteiger partial charge in [-0.25, -0.2) is 14.8 Å². The minimum absolute atomic E-state index is 0.0354. The highest BCUT2D eigenvalue weighted by Crippen LogP contribution is 2.49. The molecule has 6 heteroatoms. The van der Waals surface area contributed by atoms with Crippen molar-refractivity contribution in [2.45, 2.75) is 62.6 Å². The quantitative estimate of drug-likeness (QED) is 0.682. The van der Waals surface area contributed by atoms with E-state index >= 15 is 0 Å². The van der Waals surface area contributed by atoms with Crippen molar-refractivity contribution in [1.29, 1.82) is 0 Å². The van der Waals surface area contributed by atoms with Crippen molar-refractivity contribution in [3.8, 4) is 0 Å². The van der Waals surface area contributed by atoms with Crippen LogP contribution in [-0.2, 0) is 12.1 Å². The van der Waals surface area contributed by atoms with Crippen LogP contribution in [0.4, 0.5) is 4.79 Å². The molecule has 5 rings (SSSR count). The summed E-state index contributed by atoms with van der Waals surface area (Å²) in [5, 5.41) is 0. The number of benzene rings is 1. The Hall–Kier alpha value is -2.47. The van der Waals surface area contributed by atoms with Gasteiger partial charge in [0.2, 0.25) is 0 Å². The predicted molar refractivity (Wildman–Crippen MR) is 125 cm³/mol. The molecule has 3 aliphatic rings. The first-order valence-corrected chi connectivity index (χ1v) is 12.1. The molecule has 1 aromatic carbocycles. The fraction of sp³-hybridized carbons (Fsp3) is 0.577. The number of nitrogens with zero attached hydrogens (tertiary/aromatic N) is 5. The summed E-state index contributed by atoms with van der Waals surface area (Å²) in [6, 6.07) is 12.9. The van der Waals surface area contributed by atoms with Gasteiger partial charge >= 0.3 is 6.03 Å². The van der Waals surface area contributed by atoms with E-state index in [9.17, 15) is 4.79 Å². The molecule has 2 heterocycles. The Morgan fingerprint density at radius 3 is 2.28 bits per heavy atom. The van der Waals surface area contributed by atoms with Gasteiger partial charge in [-0.2, -0.15) is 0 Å². The Bertz CT molecular complexity index is 920. The predicted octanol–water partition coefficient (Wildman–Crippen LogP) is 4.28. The number of rotatable bonds is 6. The number of hydrogen-bond acceptors (Lipinski definition) is 4.